The molecule has 24 heavy (non-hydrogen) atoms. The van der Waals surface area contributed by atoms with Gasteiger partial charge in [-0.3, -0.25) is 0 Å². The summed E-state index contributed by atoms with van der Waals surface area (Å²) in [5.74, 6) is 2.48. The van der Waals surface area contributed by atoms with Gasteiger partial charge in [-0.1, -0.05) is 0 Å². The Morgan fingerprint density at radius 1 is 1.25 bits per heavy atom. The lowest BCUT2D eigenvalue weighted by atomic mass is 10.2. The quantitative estimate of drug-likeness (QED) is 0.871. The van der Waals surface area contributed by atoms with Gasteiger partial charge in [-0.15, -0.1) is 0 Å². The number of hydrogen-bond acceptors (Lipinski definition) is 5. The van der Waals surface area contributed by atoms with Gasteiger partial charge in [-0.2, -0.15) is 5.26 Å². The molecule has 2 fully saturated rings. The Kier molecular flexibility index (Phi) is 4.11. The van der Waals surface area contributed by atoms with Gasteiger partial charge in [0.1, 0.15) is 17.7 Å². The van der Waals surface area contributed by atoms with E-state index in [9.17, 15) is 0 Å². The van der Waals surface area contributed by atoms with Gasteiger partial charge >= 0.3 is 0 Å². The Hall–Kier alpha value is -2.13. The van der Waals surface area contributed by atoms with Gasteiger partial charge in [0.15, 0.2) is 0 Å². The first-order valence-corrected chi connectivity index (χ1v) is 9.06. The smallest absolute Gasteiger partial charge is 0.133 e. The highest BCUT2D eigenvalue weighted by molar-refractivity contribution is 9.10. The largest absolute Gasteiger partial charge is 0.369 e. The maximum Gasteiger partial charge on any atom is 0.133 e. The van der Waals surface area contributed by atoms with Crippen molar-refractivity contribution in [2.75, 3.05) is 23.3 Å². The first-order valence-electron chi connectivity index (χ1n) is 8.27. The van der Waals surface area contributed by atoms with Crippen molar-refractivity contribution in [2.24, 2.45) is 0 Å². The Balaban J connectivity index is 1.42. The molecule has 1 aliphatic heterocycles. The second-order valence-corrected chi connectivity index (χ2v) is 7.28. The zero-order valence-electron chi connectivity index (χ0n) is 13.2. The van der Waals surface area contributed by atoms with Gasteiger partial charge in [0, 0.05) is 41.4 Å². The van der Waals surface area contributed by atoms with Crippen LogP contribution < -0.4 is 10.2 Å². The van der Waals surface area contributed by atoms with Crippen LogP contribution in [-0.4, -0.2) is 29.1 Å². The number of anilines is 2. The van der Waals surface area contributed by atoms with Crippen LogP contribution in [0.2, 0.25) is 0 Å². The van der Waals surface area contributed by atoms with E-state index >= 15 is 0 Å². The summed E-state index contributed by atoms with van der Waals surface area (Å²) in [7, 11) is 0. The SMILES string of the molecule is N#Cc1ccc(N2CCC(Nc3ccnc(C4CC4)n3)C2)cc1Br. The number of benzene rings is 1. The van der Waals surface area contributed by atoms with Crippen LogP contribution in [0.4, 0.5) is 11.5 Å². The van der Waals surface area contributed by atoms with Crippen molar-refractivity contribution in [1.82, 2.24) is 9.97 Å². The second kappa shape index (κ2) is 6.40. The van der Waals surface area contributed by atoms with E-state index in [1.165, 1.54) is 12.8 Å². The van der Waals surface area contributed by atoms with E-state index in [0.717, 1.165) is 41.3 Å². The van der Waals surface area contributed by atoms with Crippen LogP contribution in [0.15, 0.2) is 34.9 Å². The summed E-state index contributed by atoms with van der Waals surface area (Å²) in [6.45, 7) is 1.93. The fourth-order valence-electron chi connectivity index (χ4n) is 3.11. The van der Waals surface area contributed by atoms with Gasteiger partial charge < -0.3 is 10.2 Å². The van der Waals surface area contributed by atoms with Crippen molar-refractivity contribution >= 4 is 27.4 Å². The number of rotatable bonds is 4. The van der Waals surface area contributed by atoms with Gasteiger partial charge in [0.05, 0.1) is 5.56 Å². The fraction of sp³-hybridized carbons (Fsp3) is 0.389. The lowest BCUT2D eigenvalue weighted by Crippen LogP contribution is -2.26. The van der Waals surface area contributed by atoms with E-state index in [2.05, 4.69) is 42.2 Å². The molecule has 1 unspecified atom stereocenters. The van der Waals surface area contributed by atoms with E-state index in [4.69, 9.17) is 5.26 Å². The average molecular weight is 384 g/mol. The molecule has 2 heterocycles. The molecule has 4 rings (SSSR count). The summed E-state index contributed by atoms with van der Waals surface area (Å²) in [6, 6.07) is 10.4. The Morgan fingerprint density at radius 2 is 2.12 bits per heavy atom. The number of nitrogens with one attached hydrogen (secondary N) is 1. The van der Waals surface area contributed by atoms with Crippen molar-refractivity contribution in [1.29, 1.82) is 5.26 Å². The Labute approximate surface area is 149 Å². The van der Waals surface area contributed by atoms with Crippen LogP contribution in [0.3, 0.4) is 0 Å². The normalized spacial score (nSPS) is 20.0. The molecule has 0 bridgehead atoms. The monoisotopic (exact) mass is 383 g/mol. The van der Waals surface area contributed by atoms with Crippen LogP contribution in [-0.2, 0) is 0 Å². The van der Waals surface area contributed by atoms with Crippen molar-refractivity contribution in [2.45, 2.75) is 31.2 Å². The summed E-state index contributed by atoms with van der Waals surface area (Å²) < 4.78 is 0.851. The maximum atomic E-state index is 9.03. The van der Waals surface area contributed by atoms with E-state index in [1.807, 2.05) is 30.5 Å². The molecule has 2 aliphatic rings. The van der Waals surface area contributed by atoms with Gasteiger partial charge in [-0.25, -0.2) is 9.97 Å². The van der Waals surface area contributed by atoms with Crippen LogP contribution in [0.25, 0.3) is 0 Å². The first-order chi connectivity index (χ1) is 11.7. The van der Waals surface area contributed by atoms with Crippen LogP contribution in [0.1, 0.15) is 36.6 Å². The minimum Gasteiger partial charge on any atom is -0.369 e. The summed E-state index contributed by atoms with van der Waals surface area (Å²) in [4.78, 5) is 11.4. The van der Waals surface area contributed by atoms with Crippen molar-refractivity contribution in [3.63, 3.8) is 0 Å². The van der Waals surface area contributed by atoms with Crippen LogP contribution in [0, 0.1) is 11.3 Å². The molecule has 1 saturated heterocycles. The third kappa shape index (κ3) is 3.22. The molecular weight excluding hydrogens is 366 g/mol. The highest BCUT2D eigenvalue weighted by atomic mass is 79.9. The molecule has 1 saturated carbocycles. The number of halogens is 1. The van der Waals surface area contributed by atoms with Crippen LogP contribution >= 0.6 is 15.9 Å². The lowest BCUT2D eigenvalue weighted by molar-refractivity contribution is 0.793. The third-order valence-electron chi connectivity index (χ3n) is 4.60. The Morgan fingerprint density at radius 3 is 2.88 bits per heavy atom. The summed E-state index contributed by atoms with van der Waals surface area (Å²) >= 11 is 3.47. The van der Waals surface area contributed by atoms with Crippen molar-refractivity contribution in [3.8, 4) is 6.07 Å². The number of nitrogens with zero attached hydrogens (tertiary/aromatic N) is 4. The lowest BCUT2D eigenvalue weighted by Gasteiger charge is -2.20. The van der Waals surface area contributed by atoms with Gasteiger partial charge in [-0.05, 0) is 59.5 Å². The Bertz CT molecular complexity index is 796. The molecule has 0 radical (unpaired) electrons. The number of nitriles is 1. The molecule has 6 heteroatoms. The van der Waals surface area contributed by atoms with Gasteiger partial charge in [0.25, 0.3) is 0 Å². The minimum atomic E-state index is 0.376. The predicted octanol–water partition coefficient (Wildman–Crippen LogP) is 3.68. The molecule has 1 aromatic heterocycles. The topological polar surface area (TPSA) is 64.8 Å². The highest BCUT2D eigenvalue weighted by Gasteiger charge is 2.27. The zero-order chi connectivity index (χ0) is 16.5. The number of aromatic nitrogens is 2. The first kappa shape index (κ1) is 15.4. The highest BCUT2D eigenvalue weighted by Crippen LogP contribution is 2.38. The molecule has 2 aromatic rings. The molecule has 0 amide bonds. The van der Waals surface area contributed by atoms with Crippen molar-refractivity contribution < 1.29 is 0 Å². The molecule has 1 atom stereocenters. The predicted molar refractivity (Wildman–Crippen MR) is 97.1 cm³/mol. The van der Waals surface area contributed by atoms with E-state index in [0.29, 0.717) is 17.5 Å². The standard InChI is InChI=1S/C18H18BrN5/c19-16-9-15(4-3-13(16)10-20)24-8-6-14(11-24)22-17-5-7-21-18(23-17)12-1-2-12/h3-5,7,9,12,14H,1-2,6,8,11H2,(H,21,22,23). The molecule has 0 spiro atoms. The van der Waals surface area contributed by atoms with E-state index < -0.39 is 0 Å². The summed E-state index contributed by atoms with van der Waals surface area (Å²) in [6.07, 6.45) is 5.36. The molecule has 5 nitrogen and oxygen atoms in total. The van der Waals surface area contributed by atoms with E-state index in [-0.39, 0.29) is 0 Å². The summed E-state index contributed by atoms with van der Waals surface area (Å²) in [5, 5.41) is 12.6. The van der Waals surface area contributed by atoms with Crippen LogP contribution in [0.5, 0.6) is 0 Å². The molecule has 122 valence electrons. The average Bonchev–Trinajstić information content (AvgIpc) is 3.35. The number of hydrogen-bond donors (Lipinski definition) is 1. The summed E-state index contributed by atoms with van der Waals surface area (Å²) in [5.41, 5.74) is 1.81. The second-order valence-electron chi connectivity index (χ2n) is 6.43. The van der Waals surface area contributed by atoms with Crippen molar-refractivity contribution in [3.05, 3.63) is 46.3 Å². The minimum absolute atomic E-state index is 0.376. The fourth-order valence-corrected chi connectivity index (χ4v) is 3.56. The molecule has 1 aliphatic carbocycles. The van der Waals surface area contributed by atoms with E-state index in [1.54, 1.807) is 0 Å². The molecular formula is C18H18BrN5. The zero-order valence-corrected chi connectivity index (χ0v) is 14.8. The third-order valence-corrected chi connectivity index (χ3v) is 5.25. The maximum absolute atomic E-state index is 9.03. The molecule has 1 N–H and O–H groups in total. The van der Waals surface area contributed by atoms with Gasteiger partial charge in [0.2, 0.25) is 0 Å². The molecule has 1 aromatic carbocycles.